The van der Waals surface area contributed by atoms with Gasteiger partial charge in [0.05, 0.1) is 18.8 Å². The highest BCUT2D eigenvalue weighted by molar-refractivity contribution is 6.12. The molecule has 0 spiro atoms. The summed E-state index contributed by atoms with van der Waals surface area (Å²) in [5.74, 6) is 0.00838. The van der Waals surface area contributed by atoms with Gasteiger partial charge in [0.2, 0.25) is 0 Å². The van der Waals surface area contributed by atoms with E-state index in [2.05, 4.69) is 53.5 Å². The monoisotopic (exact) mass is 399 g/mol. The number of morpholine rings is 1. The molecule has 0 radical (unpaired) electrons. The molecule has 5 heteroatoms. The maximum Gasteiger partial charge on any atom is 0.262 e. The molecule has 2 aliphatic heterocycles. The van der Waals surface area contributed by atoms with E-state index < -0.39 is 0 Å². The molecule has 0 saturated carbocycles. The van der Waals surface area contributed by atoms with Crippen LogP contribution < -0.4 is 15.1 Å². The summed E-state index contributed by atoms with van der Waals surface area (Å²) < 4.78 is 5.46. The van der Waals surface area contributed by atoms with Gasteiger partial charge in [0.25, 0.3) is 5.91 Å². The first-order chi connectivity index (χ1) is 14.7. The van der Waals surface area contributed by atoms with Gasteiger partial charge in [0.1, 0.15) is 6.17 Å². The summed E-state index contributed by atoms with van der Waals surface area (Å²) in [6.45, 7) is 5.36. The van der Waals surface area contributed by atoms with Gasteiger partial charge >= 0.3 is 0 Å². The lowest BCUT2D eigenvalue weighted by Gasteiger charge is -2.38. The number of nitrogens with zero attached hydrogens (tertiary/aromatic N) is 2. The molecule has 3 aromatic rings. The van der Waals surface area contributed by atoms with E-state index in [1.807, 2.05) is 41.3 Å². The molecule has 5 rings (SSSR count). The Morgan fingerprint density at radius 1 is 0.867 bits per heavy atom. The second-order valence-electron chi connectivity index (χ2n) is 7.79. The lowest BCUT2D eigenvalue weighted by Crippen LogP contribution is -2.43. The lowest BCUT2D eigenvalue weighted by atomic mass is 10.0. The zero-order chi connectivity index (χ0) is 20.5. The van der Waals surface area contributed by atoms with Gasteiger partial charge in [-0.3, -0.25) is 9.69 Å². The fraction of sp³-hybridized carbons (Fsp3) is 0.240. The molecule has 0 unspecified atom stereocenters. The number of anilines is 3. The van der Waals surface area contributed by atoms with Crippen LogP contribution in [0.25, 0.3) is 0 Å². The Kier molecular flexibility index (Phi) is 4.89. The van der Waals surface area contributed by atoms with Crippen molar-refractivity contribution in [2.24, 2.45) is 0 Å². The van der Waals surface area contributed by atoms with Gasteiger partial charge in [0.15, 0.2) is 0 Å². The summed E-state index contributed by atoms with van der Waals surface area (Å²) in [4.78, 5) is 17.7. The number of hydrogen-bond donors (Lipinski definition) is 1. The number of nitrogens with one attached hydrogen (secondary N) is 1. The molecule has 0 bridgehead atoms. The minimum atomic E-state index is -0.262. The number of benzene rings is 3. The van der Waals surface area contributed by atoms with Crippen LogP contribution in [0.5, 0.6) is 0 Å². The van der Waals surface area contributed by atoms with E-state index in [0.29, 0.717) is 5.56 Å². The highest BCUT2D eigenvalue weighted by atomic mass is 16.5. The van der Waals surface area contributed by atoms with Gasteiger partial charge in [0, 0.05) is 30.2 Å². The summed E-state index contributed by atoms with van der Waals surface area (Å²) >= 11 is 0. The first-order valence-electron chi connectivity index (χ1n) is 10.4. The van der Waals surface area contributed by atoms with Crippen LogP contribution in [0.1, 0.15) is 27.7 Å². The van der Waals surface area contributed by atoms with Crippen LogP contribution in [-0.2, 0) is 4.74 Å². The summed E-state index contributed by atoms with van der Waals surface area (Å²) in [7, 11) is 0. The Morgan fingerprint density at radius 3 is 2.27 bits per heavy atom. The number of carbonyl (C=O) groups excluding carboxylic acids is 1. The van der Waals surface area contributed by atoms with Gasteiger partial charge < -0.3 is 15.0 Å². The third kappa shape index (κ3) is 3.42. The first-order valence-corrected chi connectivity index (χ1v) is 10.4. The van der Waals surface area contributed by atoms with E-state index in [-0.39, 0.29) is 12.1 Å². The number of hydrogen-bond acceptors (Lipinski definition) is 4. The minimum absolute atomic E-state index is 0.00838. The van der Waals surface area contributed by atoms with Crippen LogP contribution >= 0.6 is 0 Å². The van der Waals surface area contributed by atoms with Crippen molar-refractivity contribution in [1.29, 1.82) is 0 Å². The van der Waals surface area contributed by atoms with Crippen LogP contribution in [0, 0.1) is 6.92 Å². The van der Waals surface area contributed by atoms with Crippen molar-refractivity contribution in [2.45, 2.75) is 13.1 Å². The third-order valence-corrected chi connectivity index (χ3v) is 5.82. The van der Waals surface area contributed by atoms with E-state index in [9.17, 15) is 4.79 Å². The van der Waals surface area contributed by atoms with Crippen molar-refractivity contribution >= 4 is 23.0 Å². The quantitative estimate of drug-likeness (QED) is 0.699. The van der Waals surface area contributed by atoms with Crippen molar-refractivity contribution < 1.29 is 9.53 Å². The Bertz CT molecular complexity index is 1040. The molecule has 1 N–H and O–H groups in total. The highest BCUT2D eigenvalue weighted by Crippen LogP contribution is 2.37. The Labute approximate surface area is 176 Å². The Balaban J connectivity index is 1.52. The normalized spacial score (nSPS) is 18.7. The molecule has 1 atom stereocenters. The number of carbonyl (C=O) groups is 1. The average molecular weight is 399 g/mol. The maximum atomic E-state index is 13.5. The Morgan fingerprint density at radius 2 is 1.53 bits per heavy atom. The van der Waals surface area contributed by atoms with Crippen LogP contribution in [0.4, 0.5) is 17.1 Å². The van der Waals surface area contributed by atoms with Crippen molar-refractivity contribution in [3.63, 3.8) is 0 Å². The van der Waals surface area contributed by atoms with E-state index in [4.69, 9.17) is 4.74 Å². The molecule has 2 aliphatic rings. The molecule has 3 aromatic carbocycles. The molecule has 0 aromatic heterocycles. The van der Waals surface area contributed by atoms with Gasteiger partial charge in [-0.2, -0.15) is 0 Å². The number of amides is 1. The fourth-order valence-electron chi connectivity index (χ4n) is 4.15. The van der Waals surface area contributed by atoms with Gasteiger partial charge in [-0.05, 0) is 48.9 Å². The van der Waals surface area contributed by atoms with Crippen LogP contribution in [0.15, 0.2) is 72.8 Å². The minimum Gasteiger partial charge on any atom is -0.378 e. The second-order valence-corrected chi connectivity index (χ2v) is 7.79. The van der Waals surface area contributed by atoms with Gasteiger partial charge in [-0.25, -0.2) is 0 Å². The van der Waals surface area contributed by atoms with Crippen LogP contribution in [0.3, 0.4) is 0 Å². The van der Waals surface area contributed by atoms with Crippen molar-refractivity contribution in [3.05, 3.63) is 89.5 Å². The molecule has 30 heavy (non-hydrogen) atoms. The third-order valence-electron chi connectivity index (χ3n) is 5.82. The number of fused-ring (bicyclic) bond motifs is 1. The molecular formula is C25H25N3O2. The topological polar surface area (TPSA) is 44.8 Å². The molecule has 5 nitrogen and oxygen atoms in total. The largest absolute Gasteiger partial charge is 0.378 e. The summed E-state index contributed by atoms with van der Waals surface area (Å²) in [6.07, 6.45) is -0.262. The van der Waals surface area contributed by atoms with E-state index in [1.54, 1.807) is 0 Å². The lowest BCUT2D eigenvalue weighted by molar-refractivity contribution is 0.0975. The molecule has 152 valence electrons. The van der Waals surface area contributed by atoms with Crippen molar-refractivity contribution in [3.8, 4) is 0 Å². The van der Waals surface area contributed by atoms with E-state index in [1.165, 1.54) is 5.56 Å². The standard InChI is InChI=1S/C25H25N3O2/c1-18-6-8-19(9-7-18)24-26-23-5-3-2-4-22(23)25(29)28(24)21-12-10-20(11-13-21)27-14-16-30-17-15-27/h2-13,24,26H,14-17H2,1H3/t24-/m0/s1. The SMILES string of the molecule is Cc1ccc([C@H]2Nc3ccccc3C(=O)N2c2ccc(N3CCOCC3)cc2)cc1. The number of aryl methyl sites for hydroxylation is 1. The predicted molar refractivity (Wildman–Crippen MR) is 120 cm³/mol. The van der Waals surface area contributed by atoms with E-state index >= 15 is 0 Å². The molecule has 1 fully saturated rings. The van der Waals surface area contributed by atoms with Crippen LogP contribution in [-0.4, -0.2) is 32.2 Å². The summed E-state index contributed by atoms with van der Waals surface area (Å²) in [5.41, 5.74) is 5.85. The Hall–Kier alpha value is -3.31. The molecular weight excluding hydrogens is 374 g/mol. The van der Waals surface area contributed by atoms with Crippen LogP contribution in [0.2, 0.25) is 0 Å². The van der Waals surface area contributed by atoms with E-state index in [0.717, 1.165) is 48.9 Å². The zero-order valence-corrected chi connectivity index (χ0v) is 17.0. The van der Waals surface area contributed by atoms with Gasteiger partial charge in [-0.15, -0.1) is 0 Å². The van der Waals surface area contributed by atoms with Crippen molar-refractivity contribution in [1.82, 2.24) is 0 Å². The highest BCUT2D eigenvalue weighted by Gasteiger charge is 2.34. The molecule has 0 aliphatic carbocycles. The first kappa shape index (κ1) is 18.7. The summed E-state index contributed by atoms with van der Waals surface area (Å²) in [5, 5.41) is 3.57. The van der Waals surface area contributed by atoms with Crippen molar-refractivity contribution in [2.75, 3.05) is 41.4 Å². The van der Waals surface area contributed by atoms with Gasteiger partial charge in [-0.1, -0.05) is 42.0 Å². The predicted octanol–water partition coefficient (Wildman–Crippen LogP) is 4.60. The molecule has 1 amide bonds. The maximum absolute atomic E-state index is 13.5. The number of ether oxygens (including phenoxy) is 1. The number of rotatable bonds is 3. The molecule has 2 heterocycles. The summed E-state index contributed by atoms with van der Waals surface area (Å²) in [6, 6.07) is 24.3. The zero-order valence-electron chi connectivity index (χ0n) is 17.0. The number of para-hydroxylation sites is 1. The average Bonchev–Trinajstić information content (AvgIpc) is 2.80. The fourth-order valence-corrected chi connectivity index (χ4v) is 4.15. The smallest absolute Gasteiger partial charge is 0.262 e. The second kappa shape index (κ2) is 7.84. The molecule has 1 saturated heterocycles.